The number of likely N-dealkylation sites (N-methyl/N-ethyl adjacent to an activating group) is 2. The van der Waals surface area contributed by atoms with Gasteiger partial charge in [-0.15, -0.1) is 12.3 Å². The third-order valence-corrected chi connectivity index (χ3v) is 11.0. The number of nitrogens with one attached hydrogen (secondary N) is 3. The zero-order chi connectivity index (χ0) is 41.1. The zero-order valence-electron chi connectivity index (χ0n) is 34.1. The number of nitrogens with zero attached hydrogens (tertiary/aromatic N) is 5. The number of terminal acetylenes is 1. The molecule has 300 valence electrons. The molecule has 59 heavy (non-hydrogen) atoms. The molecule has 10 nitrogen and oxygen atoms in total. The van der Waals surface area contributed by atoms with E-state index in [1.165, 1.54) is 0 Å². The Balaban J connectivity index is 1.09. The molecule has 2 aromatic heterocycles. The van der Waals surface area contributed by atoms with E-state index in [2.05, 4.69) is 57.9 Å². The molecule has 0 aliphatic carbocycles. The molecule has 3 atom stereocenters. The lowest BCUT2D eigenvalue weighted by atomic mass is 10.0. The molecule has 1 aliphatic heterocycles. The van der Waals surface area contributed by atoms with Crippen molar-refractivity contribution >= 4 is 22.8 Å². The molecule has 0 saturated carbocycles. The van der Waals surface area contributed by atoms with Crippen molar-refractivity contribution in [1.29, 1.82) is 0 Å². The van der Waals surface area contributed by atoms with Gasteiger partial charge in [0.25, 0.3) is 0 Å². The van der Waals surface area contributed by atoms with Crippen LogP contribution < -0.4 is 5.32 Å². The van der Waals surface area contributed by atoms with Gasteiger partial charge in [0.15, 0.2) is 0 Å². The van der Waals surface area contributed by atoms with Crippen LogP contribution in [-0.4, -0.2) is 79.2 Å². The average molecular weight is 785 g/mol. The van der Waals surface area contributed by atoms with E-state index in [-0.39, 0.29) is 17.9 Å². The van der Waals surface area contributed by atoms with Crippen LogP contribution >= 0.6 is 0 Å². The molecule has 1 fully saturated rings. The van der Waals surface area contributed by atoms with Crippen molar-refractivity contribution in [2.75, 3.05) is 32.7 Å². The predicted octanol–water partition coefficient (Wildman–Crippen LogP) is 7.80. The summed E-state index contributed by atoms with van der Waals surface area (Å²) in [4.78, 5) is 50.7. The Hall–Kier alpha value is -6.46. The first-order valence-corrected chi connectivity index (χ1v) is 20.7. The second-order valence-electron chi connectivity index (χ2n) is 14.8. The number of H-pyrrole nitrogens is 2. The van der Waals surface area contributed by atoms with Crippen LogP contribution in [0.3, 0.4) is 0 Å². The van der Waals surface area contributed by atoms with E-state index in [0.717, 1.165) is 76.2 Å². The summed E-state index contributed by atoms with van der Waals surface area (Å²) in [7, 11) is 0. The number of amides is 2. The summed E-state index contributed by atoms with van der Waals surface area (Å²) >= 11 is 0. The van der Waals surface area contributed by atoms with Crippen molar-refractivity contribution in [3.63, 3.8) is 0 Å². The highest BCUT2D eigenvalue weighted by Crippen LogP contribution is 2.38. The summed E-state index contributed by atoms with van der Waals surface area (Å²) in [5.41, 5.74) is 7.94. The van der Waals surface area contributed by atoms with Crippen molar-refractivity contribution in [1.82, 2.24) is 40.0 Å². The lowest BCUT2D eigenvalue weighted by Gasteiger charge is -2.33. The summed E-state index contributed by atoms with van der Waals surface area (Å²) in [5, 5.41) is 3.41. The van der Waals surface area contributed by atoms with Crippen molar-refractivity contribution < 1.29 is 9.59 Å². The van der Waals surface area contributed by atoms with Crippen LogP contribution in [0, 0.1) is 24.2 Å². The van der Waals surface area contributed by atoms with Crippen molar-refractivity contribution in [3.05, 3.63) is 143 Å². The largest absolute Gasteiger partial charge is 0.346 e. The van der Waals surface area contributed by atoms with Gasteiger partial charge in [0.1, 0.15) is 17.9 Å². The van der Waals surface area contributed by atoms with Crippen LogP contribution in [0.25, 0.3) is 22.3 Å². The van der Waals surface area contributed by atoms with Crippen LogP contribution in [0.5, 0.6) is 0 Å². The summed E-state index contributed by atoms with van der Waals surface area (Å²) in [6.07, 6.45) is 9.61. The molecule has 3 unspecified atom stereocenters. The number of aromatic amines is 2. The van der Waals surface area contributed by atoms with E-state index in [1.54, 1.807) is 6.33 Å². The summed E-state index contributed by atoms with van der Waals surface area (Å²) in [6, 6.07) is 32.9. The van der Waals surface area contributed by atoms with Gasteiger partial charge in [-0.1, -0.05) is 105 Å². The fraction of sp³-hybridized carbons (Fsp3) is 0.306. The number of benzene rings is 4. The van der Waals surface area contributed by atoms with Gasteiger partial charge in [-0.2, -0.15) is 0 Å². The van der Waals surface area contributed by atoms with Gasteiger partial charge in [-0.05, 0) is 73.9 Å². The van der Waals surface area contributed by atoms with E-state index in [4.69, 9.17) is 16.4 Å². The first-order valence-electron chi connectivity index (χ1n) is 20.7. The number of hydrogen-bond donors (Lipinski definition) is 3. The first kappa shape index (κ1) is 40.7. The van der Waals surface area contributed by atoms with Gasteiger partial charge in [-0.25, -0.2) is 9.97 Å². The van der Waals surface area contributed by atoms with Crippen LogP contribution in [-0.2, 0) is 16.1 Å². The topological polar surface area (TPSA) is 113 Å². The van der Waals surface area contributed by atoms with Gasteiger partial charge < -0.3 is 25.1 Å². The zero-order valence-corrected chi connectivity index (χ0v) is 34.1. The number of likely N-dealkylation sites (tertiary alicyclic amines) is 1. The maximum atomic E-state index is 14.3. The van der Waals surface area contributed by atoms with Crippen molar-refractivity contribution in [2.45, 2.75) is 64.7 Å². The first-order chi connectivity index (χ1) is 28.9. The molecule has 6 aromatic rings. The Bertz CT molecular complexity index is 2450. The second-order valence-corrected chi connectivity index (χ2v) is 14.8. The smallest absolute Gasteiger partial charge is 0.244 e. The van der Waals surface area contributed by atoms with Crippen LogP contribution in [0.15, 0.2) is 109 Å². The van der Waals surface area contributed by atoms with E-state index in [9.17, 15) is 9.59 Å². The molecule has 3 heterocycles. The molecule has 4 aromatic carbocycles. The van der Waals surface area contributed by atoms with Crippen LogP contribution in [0.1, 0.15) is 91.9 Å². The Kier molecular flexibility index (Phi) is 13.3. The Morgan fingerprint density at radius 3 is 2.36 bits per heavy atom. The molecule has 0 spiro atoms. The normalized spacial score (nSPS) is 14.8. The molecule has 1 aliphatic rings. The summed E-state index contributed by atoms with van der Waals surface area (Å²) < 4.78 is 0. The number of imidazole rings is 2. The van der Waals surface area contributed by atoms with Gasteiger partial charge in [0.2, 0.25) is 11.8 Å². The number of carbonyl (C=O) groups excluding carboxylic acids is 2. The maximum absolute atomic E-state index is 14.3. The third-order valence-electron chi connectivity index (χ3n) is 11.0. The van der Waals surface area contributed by atoms with E-state index >= 15 is 0 Å². The highest BCUT2D eigenvalue weighted by molar-refractivity contribution is 5.85. The van der Waals surface area contributed by atoms with Crippen LogP contribution in [0.2, 0.25) is 0 Å². The number of fused-ring (bicyclic) bond motifs is 1. The van der Waals surface area contributed by atoms with Crippen molar-refractivity contribution in [3.8, 4) is 35.4 Å². The minimum Gasteiger partial charge on any atom is -0.346 e. The molecule has 10 heteroatoms. The SMILES string of the molecule is C#CCCN(Cc1nc2ccc(C#Cc3cccc(-c4nc[nH]c4C4CCCN4C(=O)C(NCC)c4ccccc4)c3)cc2[nH]1)C(=O)C(c1ccccc1)N(CC)CC. The number of hydrogen-bond acceptors (Lipinski definition) is 6. The summed E-state index contributed by atoms with van der Waals surface area (Å²) in [5.74, 6) is 10.1. The molecule has 3 N–H and O–H groups in total. The lowest BCUT2D eigenvalue weighted by Crippen LogP contribution is -2.43. The molecule has 0 radical (unpaired) electrons. The Morgan fingerprint density at radius 2 is 1.64 bits per heavy atom. The fourth-order valence-corrected chi connectivity index (χ4v) is 8.14. The molecule has 1 saturated heterocycles. The fourth-order valence-electron chi connectivity index (χ4n) is 8.14. The summed E-state index contributed by atoms with van der Waals surface area (Å²) in [6.45, 7) is 9.76. The Morgan fingerprint density at radius 1 is 0.915 bits per heavy atom. The van der Waals surface area contributed by atoms with E-state index in [0.29, 0.717) is 38.4 Å². The monoisotopic (exact) mass is 784 g/mol. The molecule has 2 amide bonds. The quantitative estimate of drug-likeness (QED) is 0.0917. The Labute approximate surface area is 347 Å². The molecule has 0 bridgehead atoms. The predicted molar refractivity (Wildman–Crippen MR) is 234 cm³/mol. The molecular weight excluding hydrogens is 733 g/mol. The highest BCUT2D eigenvalue weighted by Gasteiger charge is 2.36. The van der Waals surface area contributed by atoms with Gasteiger partial charge in [0.05, 0.1) is 41.3 Å². The maximum Gasteiger partial charge on any atom is 0.244 e. The molecular formula is C49H52N8O2. The second kappa shape index (κ2) is 19.3. The van der Waals surface area contributed by atoms with Crippen LogP contribution in [0.4, 0.5) is 0 Å². The molecule has 7 rings (SSSR count). The minimum atomic E-state index is -0.421. The van der Waals surface area contributed by atoms with E-state index < -0.39 is 12.1 Å². The van der Waals surface area contributed by atoms with Gasteiger partial charge >= 0.3 is 0 Å². The van der Waals surface area contributed by atoms with Gasteiger partial charge in [0, 0.05) is 36.2 Å². The van der Waals surface area contributed by atoms with Gasteiger partial charge in [-0.3, -0.25) is 14.5 Å². The number of aromatic nitrogens is 4. The third kappa shape index (κ3) is 9.31. The highest BCUT2D eigenvalue weighted by atomic mass is 16.2. The minimum absolute atomic E-state index is 0.00128. The standard InChI is InChI=1S/C49H52N8O2/c1-5-9-29-56(49(59)47(55(7-3)8-4)38-21-14-11-15-22-38)33-43-53-40-28-27-36(32-41(40)54-43)26-25-35-18-16-23-39(31-35)44-46(52-34-51-44)42-24-17-30-57(42)48(58)45(50-6-2)37-19-12-10-13-20-37/h1,10-16,18-23,27-28,31-32,34,42,45,47,50H,6-9,17,24,29-30,33H2,2-4H3,(H,51,52)(H,53,54). The average Bonchev–Trinajstić information content (AvgIpc) is 4.06. The number of rotatable bonds is 15. The van der Waals surface area contributed by atoms with E-state index in [1.807, 2.05) is 114 Å². The number of carbonyl (C=O) groups is 2. The lowest BCUT2D eigenvalue weighted by molar-refractivity contribution is -0.138. The van der Waals surface area contributed by atoms with Crippen molar-refractivity contribution in [2.24, 2.45) is 0 Å².